The minimum atomic E-state index is -1.20. The summed E-state index contributed by atoms with van der Waals surface area (Å²) in [6, 6.07) is 3.77. The molecule has 0 aliphatic heterocycles. The molecule has 2 amide bonds. The quantitative estimate of drug-likeness (QED) is 0.562. The Balaban J connectivity index is 3.08. The van der Waals surface area contributed by atoms with E-state index < -0.39 is 23.6 Å². The number of hydrogen-bond acceptors (Lipinski definition) is 3. The van der Waals surface area contributed by atoms with E-state index in [2.05, 4.69) is 5.32 Å². The SMILES string of the molecule is CCCCNC(=O)C(C(C)=O)N(Cc1c(Cl)cccc1Cl)C(C)=O. The smallest absolute Gasteiger partial charge is 0.250 e. The van der Waals surface area contributed by atoms with Crippen LogP contribution in [0.15, 0.2) is 18.2 Å². The normalized spacial score (nSPS) is 11.7. The number of Topliss-reactive ketones (excluding diaryl/α,β-unsaturated/α-hetero) is 1. The van der Waals surface area contributed by atoms with E-state index >= 15 is 0 Å². The number of rotatable bonds is 8. The van der Waals surface area contributed by atoms with Crippen LogP contribution in [0.3, 0.4) is 0 Å². The summed E-state index contributed by atoms with van der Waals surface area (Å²) in [5, 5.41) is 3.45. The molecule has 1 aromatic carbocycles. The molecule has 0 radical (unpaired) electrons. The van der Waals surface area contributed by atoms with Gasteiger partial charge in [-0.1, -0.05) is 42.6 Å². The van der Waals surface area contributed by atoms with Crippen LogP contribution in [-0.2, 0) is 20.9 Å². The van der Waals surface area contributed by atoms with Gasteiger partial charge in [0.2, 0.25) is 5.91 Å². The largest absolute Gasteiger partial charge is 0.354 e. The van der Waals surface area contributed by atoms with E-state index in [0.717, 1.165) is 12.8 Å². The van der Waals surface area contributed by atoms with Crippen LogP contribution in [0.2, 0.25) is 10.0 Å². The number of carbonyl (C=O) groups excluding carboxylic acids is 3. The number of benzene rings is 1. The number of nitrogens with zero attached hydrogens (tertiary/aromatic N) is 1. The molecule has 5 nitrogen and oxygen atoms in total. The van der Waals surface area contributed by atoms with Crippen LogP contribution >= 0.6 is 23.2 Å². The molecule has 0 aliphatic carbocycles. The Hall–Kier alpha value is -1.59. The lowest BCUT2D eigenvalue weighted by Crippen LogP contribution is -2.52. The van der Waals surface area contributed by atoms with Gasteiger partial charge in [-0.05, 0) is 25.5 Å². The van der Waals surface area contributed by atoms with Gasteiger partial charge in [0.15, 0.2) is 11.8 Å². The standard InChI is InChI=1S/C17H22Cl2N2O3/c1-4-5-9-20-17(24)16(11(2)22)21(12(3)23)10-13-14(18)7-6-8-15(13)19/h6-8,16H,4-5,9-10H2,1-3H3,(H,20,24). The number of ketones is 1. The fraction of sp³-hybridized carbons (Fsp3) is 0.471. The summed E-state index contributed by atoms with van der Waals surface area (Å²) in [6.45, 7) is 5.03. The maximum Gasteiger partial charge on any atom is 0.250 e. The predicted octanol–water partition coefficient (Wildman–Crippen LogP) is 3.22. The fourth-order valence-corrected chi connectivity index (χ4v) is 2.79. The highest BCUT2D eigenvalue weighted by Crippen LogP contribution is 2.26. The minimum Gasteiger partial charge on any atom is -0.354 e. The summed E-state index contributed by atoms with van der Waals surface area (Å²) in [6.07, 6.45) is 1.71. The second kappa shape index (κ2) is 9.64. The van der Waals surface area contributed by atoms with Gasteiger partial charge in [0.05, 0.1) is 0 Å². The third-order valence-electron chi connectivity index (χ3n) is 3.57. The van der Waals surface area contributed by atoms with Crippen LogP contribution in [0.25, 0.3) is 0 Å². The lowest BCUT2D eigenvalue weighted by Gasteiger charge is -2.29. The molecule has 0 saturated carbocycles. The number of carbonyl (C=O) groups is 3. The molecule has 0 saturated heterocycles. The fourth-order valence-electron chi connectivity index (χ4n) is 2.27. The van der Waals surface area contributed by atoms with Crippen molar-refractivity contribution in [1.82, 2.24) is 10.2 Å². The third-order valence-corrected chi connectivity index (χ3v) is 4.28. The molecule has 0 spiro atoms. The Morgan fingerprint density at radius 3 is 2.21 bits per heavy atom. The molecular weight excluding hydrogens is 351 g/mol. The van der Waals surface area contributed by atoms with E-state index in [0.29, 0.717) is 22.2 Å². The minimum absolute atomic E-state index is 0.0146. The molecule has 1 rings (SSSR count). The van der Waals surface area contributed by atoms with Gasteiger partial charge in [-0.2, -0.15) is 0 Å². The average Bonchev–Trinajstić information content (AvgIpc) is 2.49. The molecule has 1 N–H and O–H groups in total. The van der Waals surface area contributed by atoms with Crippen LogP contribution in [0.1, 0.15) is 39.2 Å². The molecule has 132 valence electrons. The van der Waals surface area contributed by atoms with Gasteiger partial charge in [-0.15, -0.1) is 0 Å². The first-order valence-corrected chi connectivity index (χ1v) is 8.53. The summed E-state index contributed by atoms with van der Waals surface area (Å²) >= 11 is 12.3. The number of amides is 2. The number of halogens is 2. The summed E-state index contributed by atoms with van der Waals surface area (Å²) in [7, 11) is 0. The molecule has 24 heavy (non-hydrogen) atoms. The maximum atomic E-state index is 12.4. The Labute approximate surface area is 152 Å². The highest BCUT2D eigenvalue weighted by atomic mass is 35.5. The van der Waals surface area contributed by atoms with Gasteiger partial charge in [0.25, 0.3) is 5.91 Å². The summed E-state index contributed by atoms with van der Waals surface area (Å²) in [5.74, 6) is -1.31. The number of nitrogens with one attached hydrogen (secondary N) is 1. The number of unbranched alkanes of at least 4 members (excludes halogenated alkanes) is 1. The lowest BCUT2D eigenvalue weighted by atomic mass is 10.1. The van der Waals surface area contributed by atoms with Crippen molar-refractivity contribution < 1.29 is 14.4 Å². The van der Waals surface area contributed by atoms with Crippen molar-refractivity contribution >= 4 is 40.8 Å². The Morgan fingerprint density at radius 2 is 1.75 bits per heavy atom. The molecule has 0 aromatic heterocycles. The van der Waals surface area contributed by atoms with E-state index in [9.17, 15) is 14.4 Å². The topological polar surface area (TPSA) is 66.5 Å². The first-order valence-electron chi connectivity index (χ1n) is 7.77. The van der Waals surface area contributed by atoms with Gasteiger partial charge >= 0.3 is 0 Å². The highest BCUT2D eigenvalue weighted by molar-refractivity contribution is 6.36. The molecule has 1 atom stereocenters. The zero-order chi connectivity index (χ0) is 18.3. The van der Waals surface area contributed by atoms with E-state index in [4.69, 9.17) is 23.2 Å². The van der Waals surface area contributed by atoms with Crippen molar-refractivity contribution in [3.63, 3.8) is 0 Å². The molecular formula is C17H22Cl2N2O3. The van der Waals surface area contributed by atoms with Crippen molar-refractivity contribution in [2.24, 2.45) is 0 Å². The van der Waals surface area contributed by atoms with Crippen LogP contribution in [0, 0.1) is 0 Å². The molecule has 0 fully saturated rings. The molecule has 1 unspecified atom stereocenters. The monoisotopic (exact) mass is 372 g/mol. The maximum absolute atomic E-state index is 12.4. The van der Waals surface area contributed by atoms with Gasteiger partial charge in [-0.3, -0.25) is 14.4 Å². The van der Waals surface area contributed by atoms with Crippen molar-refractivity contribution in [3.05, 3.63) is 33.8 Å². The summed E-state index contributed by atoms with van der Waals surface area (Å²) in [5.41, 5.74) is 0.503. The predicted molar refractivity (Wildman–Crippen MR) is 95.1 cm³/mol. The van der Waals surface area contributed by atoms with Gasteiger partial charge < -0.3 is 10.2 Å². The number of hydrogen-bond donors (Lipinski definition) is 1. The molecule has 0 aliphatic rings. The Bertz CT molecular complexity index is 600. The third kappa shape index (κ3) is 5.49. The first kappa shape index (κ1) is 20.5. The van der Waals surface area contributed by atoms with Crippen LogP contribution in [-0.4, -0.2) is 35.1 Å². The van der Waals surface area contributed by atoms with Crippen LogP contribution in [0.5, 0.6) is 0 Å². The van der Waals surface area contributed by atoms with Crippen molar-refractivity contribution in [1.29, 1.82) is 0 Å². The van der Waals surface area contributed by atoms with Crippen molar-refractivity contribution in [2.75, 3.05) is 6.54 Å². The highest BCUT2D eigenvalue weighted by Gasteiger charge is 2.32. The summed E-state index contributed by atoms with van der Waals surface area (Å²) < 4.78 is 0. The molecule has 0 heterocycles. The zero-order valence-corrected chi connectivity index (χ0v) is 15.6. The second-order valence-corrected chi connectivity index (χ2v) is 6.32. The van der Waals surface area contributed by atoms with Crippen LogP contribution < -0.4 is 5.32 Å². The van der Waals surface area contributed by atoms with E-state index in [1.165, 1.54) is 18.7 Å². The second-order valence-electron chi connectivity index (χ2n) is 5.50. The van der Waals surface area contributed by atoms with Gasteiger partial charge in [0, 0.05) is 35.6 Å². The van der Waals surface area contributed by atoms with Crippen molar-refractivity contribution in [3.8, 4) is 0 Å². The van der Waals surface area contributed by atoms with E-state index in [-0.39, 0.29) is 6.54 Å². The van der Waals surface area contributed by atoms with Crippen molar-refractivity contribution in [2.45, 2.75) is 46.2 Å². The van der Waals surface area contributed by atoms with E-state index in [1.54, 1.807) is 18.2 Å². The Kier molecular flexibility index (Phi) is 8.22. The van der Waals surface area contributed by atoms with E-state index in [1.807, 2.05) is 6.92 Å². The Morgan fingerprint density at radius 1 is 1.17 bits per heavy atom. The molecule has 0 bridgehead atoms. The average molecular weight is 373 g/mol. The van der Waals surface area contributed by atoms with Crippen LogP contribution in [0.4, 0.5) is 0 Å². The molecule has 7 heteroatoms. The first-order chi connectivity index (χ1) is 11.3. The summed E-state index contributed by atoms with van der Waals surface area (Å²) in [4.78, 5) is 37.6. The lowest BCUT2D eigenvalue weighted by molar-refractivity contribution is -0.145. The van der Waals surface area contributed by atoms with Gasteiger partial charge in [-0.25, -0.2) is 0 Å². The molecule has 1 aromatic rings. The van der Waals surface area contributed by atoms with Gasteiger partial charge in [0.1, 0.15) is 0 Å². The zero-order valence-electron chi connectivity index (χ0n) is 14.1.